The van der Waals surface area contributed by atoms with E-state index in [9.17, 15) is 33.4 Å². The third kappa shape index (κ3) is 8.03. The van der Waals surface area contributed by atoms with E-state index in [0.29, 0.717) is 11.8 Å². The number of amides is 2. The zero-order valence-electron chi connectivity index (χ0n) is 21.0. The second kappa shape index (κ2) is 13.9. The summed E-state index contributed by atoms with van der Waals surface area (Å²) in [6, 6.07) is 6.16. The zero-order valence-corrected chi connectivity index (χ0v) is 25.0. The molecule has 0 spiro atoms. The van der Waals surface area contributed by atoms with Gasteiger partial charge in [-0.15, -0.1) is 0 Å². The summed E-state index contributed by atoms with van der Waals surface area (Å²) in [7, 11) is 2.76. The number of carbonyl (C=O) groups is 2. The SMILES string of the molecule is COc1cc(-c2ccc(F)cc2F)cc([C@H](CC(=O)[O-])NC(=O)Nc2c([O-])cc(C)n(C)c2=O)c1.[Na+].[Na+]. The minimum absolute atomic E-state index is 0. The summed E-state index contributed by atoms with van der Waals surface area (Å²) in [5.41, 5.74) is -0.419. The topological polar surface area (TPSA) is 136 Å². The van der Waals surface area contributed by atoms with Crippen LogP contribution in [0.2, 0.25) is 0 Å². The fourth-order valence-corrected chi connectivity index (χ4v) is 3.45. The van der Waals surface area contributed by atoms with Gasteiger partial charge in [0.2, 0.25) is 0 Å². The average Bonchev–Trinajstić information content (AvgIpc) is 2.79. The van der Waals surface area contributed by atoms with Crippen molar-refractivity contribution in [3.05, 3.63) is 75.7 Å². The van der Waals surface area contributed by atoms with Gasteiger partial charge in [0, 0.05) is 36.8 Å². The Morgan fingerprint density at radius 2 is 1.78 bits per heavy atom. The number of pyridine rings is 1. The van der Waals surface area contributed by atoms with Gasteiger partial charge < -0.3 is 34.9 Å². The second-order valence-electron chi connectivity index (χ2n) is 7.74. The molecule has 3 rings (SSSR count). The molecule has 2 amide bonds. The van der Waals surface area contributed by atoms with Crippen LogP contribution in [0.3, 0.4) is 0 Å². The van der Waals surface area contributed by atoms with Crippen LogP contribution in [0.15, 0.2) is 47.3 Å². The van der Waals surface area contributed by atoms with Crippen molar-refractivity contribution in [3.63, 3.8) is 0 Å². The number of aromatic nitrogens is 1. The van der Waals surface area contributed by atoms with Crippen molar-refractivity contribution >= 4 is 17.7 Å². The number of ether oxygens (including phenoxy) is 1. The molecular weight excluding hydrogens is 510 g/mol. The van der Waals surface area contributed by atoms with Gasteiger partial charge in [0.05, 0.1) is 13.2 Å². The molecule has 37 heavy (non-hydrogen) atoms. The number of methoxy groups -OCH3 is 1. The van der Waals surface area contributed by atoms with E-state index in [0.717, 1.165) is 6.07 Å². The van der Waals surface area contributed by atoms with Gasteiger partial charge in [0.25, 0.3) is 5.56 Å². The Morgan fingerprint density at radius 1 is 1.11 bits per heavy atom. The summed E-state index contributed by atoms with van der Waals surface area (Å²) in [4.78, 5) is 36.4. The number of aliphatic carboxylic acids is 1. The molecule has 0 aliphatic carbocycles. The molecule has 0 unspecified atom stereocenters. The van der Waals surface area contributed by atoms with Crippen LogP contribution >= 0.6 is 0 Å². The number of halogens is 2. The Labute approximate surface area is 255 Å². The predicted molar refractivity (Wildman–Crippen MR) is 119 cm³/mol. The maximum absolute atomic E-state index is 14.4. The summed E-state index contributed by atoms with van der Waals surface area (Å²) < 4.78 is 34.1. The second-order valence-corrected chi connectivity index (χ2v) is 7.74. The van der Waals surface area contributed by atoms with Crippen molar-refractivity contribution in [1.82, 2.24) is 9.88 Å². The van der Waals surface area contributed by atoms with E-state index in [1.54, 1.807) is 6.92 Å². The van der Waals surface area contributed by atoms with Gasteiger partial charge in [-0.1, -0.05) is 5.75 Å². The minimum atomic E-state index is -1.51. The van der Waals surface area contributed by atoms with Gasteiger partial charge >= 0.3 is 65.1 Å². The molecule has 0 saturated heterocycles. The molecule has 0 bridgehead atoms. The van der Waals surface area contributed by atoms with Crippen LogP contribution in [-0.2, 0) is 11.8 Å². The van der Waals surface area contributed by atoms with Crippen molar-refractivity contribution in [1.29, 1.82) is 0 Å². The number of hydrogen-bond donors (Lipinski definition) is 2. The number of carbonyl (C=O) groups excluding carboxylic acids is 2. The van der Waals surface area contributed by atoms with Gasteiger partial charge in [-0.05, 0) is 54.4 Å². The maximum atomic E-state index is 14.4. The molecule has 0 aliphatic rings. The monoisotopic (exact) mass is 531 g/mol. The Kier molecular flexibility index (Phi) is 12.3. The minimum Gasteiger partial charge on any atom is -0.871 e. The van der Waals surface area contributed by atoms with Crippen LogP contribution in [0.4, 0.5) is 19.3 Å². The number of rotatable bonds is 7. The molecule has 1 heterocycles. The summed E-state index contributed by atoms with van der Waals surface area (Å²) in [6.07, 6.45) is -0.692. The number of anilines is 1. The van der Waals surface area contributed by atoms with Crippen molar-refractivity contribution < 1.29 is 92.4 Å². The van der Waals surface area contributed by atoms with E-state index in [1.807, 2.05) is 0 Å². The van der Waals surface area contributed by atoms with Gasteiger partial charge in [-0.3, -0.25) is 4.79 Å². The molecule has 0 saturated carbocycles. The smallest absolute Gasteiger partial charge is 0.871 e. The van der Waals surface area contributed by atoms with E-state index in [-0.39, 0.29) is 81.6 Å². The average molecular weight is 531 g/mol. The number of hydrogen-bond acceptors (Lipinski definition) is 6. The third-order valence-corrected chi connectivity index (χ3v) is 5.36. The number of nitrogens with one attached hydrogen (secondary N) is 2. The molecule has 0 radical (unpaired) electrons. The third-order valence-electron chi connectivity index (χ3n) is 5.36. The summed E-state index contributed by atoms with van der Waals surface area (Å²) in [5.74, 6) is -3.65. The standard InChI is InChI=1S/C24H23F2N3O6.2Na/c1-12-6-20(30)22(23(33)29(12)2)28-24(34)27-19(11-21(31)32)14-7-13(8-16(9-14)35-3)17-5-4-15(25)10-18(17)26;;/h4-10,19,30H,11H2,1-3H3,(H,31,32)(H2,27,28,34);;/q;2*+1/p-2/t19-;;/m0../s1. The Morgan fingerprint density at radius 3 is 2.38 bits per heavy atom. The molecule has 13 heteroatoms. The molecule has 184 valence electrons. The van der Waals surface area contributed by atoms with Crippen LogP contribution in [0.1, 0.15) is 23.7 Å². The van der Waals surface area contributed by atoms with Crippen molar-refractivity contribution in [2.45, 2.75) is 19.4 Å². The largest absolute Gasteiger partial charge is 1.00 e. The Bertz CT molecular complexity index is 1370. The number of carboxylic acid groups (broad SMARTS) is 1. The first-order valence-electron chi connectivity index (χ1n) is 10.3. The Balaban J connectivity index is 0.00000342. The van der Waals surface area contributed by atoms with E-state index in [2.05, 4.69) is 10.6 Å². The quantitative estimate of drug-likeness (QED) is 0.297. The number of benzene rings is 2. The molecule has 0 fully saturated rings. The zero-order chi connectivity index (χ0) is 25.9. The normalized spacial score (nSPS) is 10.9. The van der Waals surface area contributed by atoms with E-state index < -0.39 is 53.1 Å². The van der Waals surface area contributed by atoms with Crippen LogP contribution in [0, 0.1) is 18.6 Å². The number of carboxylic acids is 1. The van der Waals surface area contributed by atoms with Crippen molar-refractivity contribution in [3.8, 4) is 22.6 Å². The van der Waals surface area contributed by atoms with Gasteiger partial charge in [-0.2, -0.15) is 0 Å². The van der Waals surface area contributed by atoms with Crippen LogP contribution < -0.4 is 90.3 Å². The van der Waals surface area contributed by atoms with E-state index >= 15 is 0 Å². The summed E-state index contributed by atoms with van der Waals surface area (Å²) in [5, 5.41) is 28.1. The maximum Gasteiger partial charge on any atom is 1.00 e. The van der Waals surface area contributed by atoms with Crippen molar-refractivity contribution in [2.75, 3.05) is 12.4 Å². The molecule has 9 nitrogen and oxygen atoms in total. The summed E-state index contributed by atoms with van der Waals surface area (Å²) >= 11 is 0. The molecule has 1 atom stereocenters. The molecular formula is C24H21F2N3Na2O6. The van der Waals surface area contributed by atoms with Gasteiger partial charge in [0.1, 0.15) is 23.1 Å². The van der Waals surface area contributed by atoms with E-state index in [4.69, 9.17) is 4.74 Å². The van der Waals surface area contributed by atoms with Gasteiger partial charge in [-0.25, -0.2) is 13.6 Å². The van der Waals surface area contributed by atoms with Crippen LogP contribution in [-0.4, -0.2) is 23.7 Å². The molecule has 3 aromatic rings. The summed E-state index contributed by atoms with van der Waals surface area (Å²) in [6.45, 7) is 1.55. The number of urea groups is 1. The number of aryl methyl sites for hydroxylation is 1. The molecule has 2 aromatic carbocycles. The fourth-order valence-electron chi connectivity index (χ4n) is 3.45. The first kappa shape index (κ1) is 32.6. The van der Waals surface area contributed by atoms with Crippen LogP contribution in [0.25, 0.3) is 11.1 Å². The van der Waals surface area contributed by atoms with Crippen molar-refractivity contribution in [2.24, 2.45) is 7.05 Å². The molecule has 0 aliphatic heterocycles. The molecule has 1 aromatic heterocycles. The predicted octanol–water partition coefficient (Wildman–Crippen LogP) is -4.27. The van der Waals surface area contributed by atoms with Gasteiger partial charge in [0.15, 0.2) is 0 Å². The van der Waals surface area contributed by atoms with E-state index in [1.165, 1.54) is 49.1 Å². The molecule has 2 N–H and O–H groups in total. The van der Waals surface area contributed by atoms with Crippen LogP contribution in [0.5, 0.6) is 11.5 Å². The first-order valence-corrected chi connectivity index (χ1v) is 10.3. The number of nitrogens with zero attached hydrogens (tertiary/aromatic N) is 1. The first-order chi connectivity index (χ1) is 16.5. The fraction of sp³-hybridized carbons (Fsp3) is 0.208. The Hall–Kier alpha value is -2.41.